The molecule has 0 amide bonds. The summed E-state index contributed by atoms with van der Waals surface area (Å²) in [6.07, 6.45) is 2.28. The molecule has 2 aromatic rings. The van der Waals surface area contributed by atoms with Gasteiger partial charge in [0.1, 0.15) is 0 Å². The Morgan fingerprint density at radius 3 is 2.60 bits per heavy atom. The van der Waals surface area contributed by atoms with E-state index in [1.54, 1.807) is 0 Å². The van der Waals surface area contributed by atoms with Crippen molar-refractivity contribution in [1.29, 1.82) is 0 Å². The molecule has 0 unspecified atom stereocenters. The van der Waals surface area contributed by atoms with Gasteiger partial charge in [-0.05, 0) is 31.5 Å². The summed E-state index contributed by atoms with van der Waals surface area (Å²) in [6, 6.07) is 9.92. The Hall–Kier alpha value is -2.01. The van der Waals surface area contributed by atoms with E-state index in [4.69, 9.17) is 0 Å². The third kappa shape index (κ3) is 2.49. The number of aromatic hydroxyl groups is 1. The van der Waals surface area contributed by atoms with Crippen molar-refractivity contribution in [3.63, 3.8) is 0 Å². The molecule has 3 rings (SSSR count). The molecule has 106 valence electrons. The molecule has 5 nitrogen and oxygen atoms in total. The normalized spacial score (nSPS) is 16.4. The fourth-order valence-electron chi connectivity index (χ4n) is 2.81. The second kappa shape index (κ2) is 5.54. The summed E-state index contributed by atoms with van der Waals surface area (Å²) >= 11 is 0. The van der Waals surface area contributed by atoms with Gasteiger partial charge in [0.05, 0.1) is 5.69 Å². The fourth-order valence-corrected chi connectivity index (χ4v) is 2.81. The highest BCUT2D eigenvalue weighted by molar-refractivity contribution is 5.28. The van der Waals surface area contributed by atoms with Gasteiger partial charge in [-0.3, -0.25) is 4.57 Å². The minimum Gasteiger partial charge on any atom is -0.493 e. The second-order valence-electron chi connectivity index (χ2n) is 5.25. The molecule has 0 atom stereocenters. The largest absolute Gasteiger partial charge is 0.493 e. The lowest BCUT2D eigenvalue weighted by Crippen LogP contribution is -2.33. The zero-order valence-electron chi connectivity index (χ0n) is 11.3. The predicted octanol–water partition coefficient (Wildman–Crippen LogP) is 1.40. The highest BCUT2D eigenvalue weighted by atomic mass is 16.3. The molecule has 20 heavy (non-hydrogen) atoms. The van der Waals surface area contributed by atoms with Crippen LogP contribution in [0.4, 0.5) is 0 Å². The third-order valence-electron chi connectivity index (χ3n) is 3.87. The number of aromatic nitrogens is 2. The van der Waals surface area contributed by atoms with E-state index in [0.717, 1.165) is 31.5 Å². The van der Waals surface area contributed by atoms with Crippen molar-refractivity contribution in [1.82, 2.24) is 14.9 Å². The van der Waals surface area contributed by atoms with E-state index in [0.29, 0.717) is 12.1 Å². The summed E-state index contributed by atoms with van der Waals surface area (Å²) in [6.45, 7) is 1.77. The Bertz CT molecular complexity index is 624. The van der Waals surface area contributed by atoms with Crippen molar-refractivity contribution in [2.24, 2.45) is 0 Å². The number of piperidine rings is 1. The molecule has 1 fully saturated rings. The molecule has 0 radical (unpaired) electrons. The lowest BCUT2D eigenvalue weighted by molar-refractivity contribution is 0.316. The van der Waals surface area contributed by atoms with Crippen LogP contribution in [0.15, 0.2) is 35.1 Å². The quantitative estimate of drug-likeness (QED) is 0.791. The minimum atomic E-state index is -0.208. The van der Waals surface area contributed by atoms with Gasteiger partial charge in [0.2, 0.25) is 5.88 Å². The number of hydrogen-bond acceptors (Lipinski definition) is 3. The lowest BCUT2D eigenvalue weighted by atomic mass is 10.1. The Balaban J connectivity index is 1.88. The zero-order valence-corrected chi connectivity index (χ0v) is 11.3. The summed E-state index contributed by atoms with van der Waals surface area (Å²) in [5.41, 5.74) is 1.46. The topological polar surface area (TPSA) is 70.0 Å². The number of nitrogens with zero attached hydrogens (tertiary/aromatic N) is 1. The molecule has 1 aliphatic heterocycles. The van der Waals surface area contributed by atoms with Gasteiger partial charge in [0.25, 0.3) is 0 Å². The van der Waals surface area contributed by atoms with E-state index >= 15 is 0 Å². The molecule has 1 aliphatic rings. The van der Waals surface area contributed by atoms with Crippen molar-refractivity contribution < 1.29 is 5.11 Å². The number of H-pyrrole nitrogens is 1. The third-order valence-corrected chi connectivity index (χ3v) is 3.87. The van der Waals surface area contributed by atoms with Crippen LogP contribution < -0.4 is 11.0 Å². The van der Waals surface area contributed by atoms with Crippen LogP contribution in [0.2, 0.25) is 0 Å². The van der Waals surface area contributed by atoms with Crippen LogP contribution in [0.25, 0.3) is 0 Å². The first kappa shape index (κ1) is 13.0. The summed E-state index contributed by atoms with van der Waals surface area (Å²) in [7, 11) is 0. The van der Waals surface area contributed by atoms with Gasteiger partial charge in [0, 0.05) is 12.5 Å². The van der Waals surface area contributed by atoms with Crippen LogP contribution in [-0.4, -0.2) is 27.7 Å². The van der Waals surface area contributed by atoms with Crippen LogP contribution in [-0.2, 0) is 6.42 Å². The first-order valence-corrected chi connectivity index (χ1v) is 7.02. The zero-order chi connectivity index (χ0) is 13.9. The maximum atomic E-state index is 12.1. The molecular formula is C15H19N3O2. The number of benzene rings is 1. The average molecular weight is 273 g/mol. The molecule has 2 heterocycles. The van der Waals surface area contributed by atoms with Gasteiger partial charge in [-0.25, -0.2) is 4.79 Å². The van der Waals surface area contributed by atoms with Gasteiger partial charge in [0.15, 0.2) is 0 Å². The minimum absolute atomic E-state index is 0.0875. The maximum Gasteiger partial charge on any atom is 0.328 e. The summed E-state index contributed by atoms with van der Waals surface area (Å²) in [4.78, 5) is 14.9. The van der Waals surface area contributed by atoms with E-state index in [1.807, 2.05) is 30.3 Å². The average Bonchev–Trinajstić information content (AvgIpc) is 2.75. The lowest BCUT2D eigenvalue weighted by Gasteiger charge is -2.23. The molecule has 1 aromatic heterocycles. The number of imidazole rings is 1. The molecule has 0 aliphatic carbocycles. The van der Waals surface area contributed by atoms with Crippen LogP contribution in [0.5, 0.6) is 5.88 Å². The van der Waals surface area contributed by atoms with Crippen molar-refractivity contribution in [3.8, 4) is 5.88 Å². The van der Waals surface area contributed by atoms with Crippen molar-refractivity contribution >= 4 is 0 Å². The van der Waals surface area contributed by atoms with Gasteiger partial charge >= 0.3 is 5.69 Å². The molecule has 0 bridgehead atoms. The van der Waals surface area contributed by atoms with E-state index in [1.165, 1.54) is 4.57 Å². The summed E-state index contributed by atoms with van der Waals surface area (Å²) in [5, 5.41) is 13.6. The van der Waals surface area contributed by atoms with Gasteiger partial charge < -0.3 is 15.4 Å². The molecular weight excluding hydrogens is 254 g/mol. The number of aromatic amines is 1. The molecule has 5 heteroatoms. The van der Waals surface area contributed by atoms with E-state index in [-0.39, 0.29) is 17.6 Å². The van der Waals surface area contributed by atoms with Crippen LogP contribution >= 0.6 is 0 Å². The van der Waals surface area contributed by atoms with Crippen molar-refractivity contribution in [2.45, 2.75) is 25.3 Å². The van der Waals surface area contributed by atoms with Crippen LogP contribution in [0.3, 0.4) is 0 Å². The fraction of sp³-hybridized carbons (Fsp3) is 0.400. The number of hydrogen-bond donors (Lipinski definition) is 3. The smallest absolute Gasteiger partial charge is 0.328 e. The Kier molecular flexibility index (Phi) is 3.60. The standard InChI is InChI=1S/C15H19N3O2/c19-14-13(10-11-4-2-1-3-5-11)17-15(20)18(14)12-6-8-16-9-7-12/h1-5,12,16,19H,6-10H2,(H,17,20). The van der Waals surface area contributed by atoms with Gasteiger partial charge in [-0.2, -0.15) is 0 Å². The maximum absolute atomic E-state index is 12.1. The van der Waals surface area contributed by atoms with Gasteiger partial charge in [-0.1, -0.05) is 30.3 Å². The highest BCUT2D eigenvalue weighted by Gasteiger charge is 2.22. The van der Waals surface area contributed by atoms with Crippen molar-refractivity contribution in [2.75, 3.05) is 13.1 Å². The van der Waals surface area contributed by atoms with E-state index < -0.39 is 0 Å². The molecule has 1 aromatic carbocycles. The van der Waals surface area contributed by atoms with E-state index in [9.17, 15) is 9.90 Å². The number of nitrogens with one attached hydrogen (secondary N) is 2. The monoisotopic (exact) mass is 273 g/mol. The first-order chi connectivity index (χ1) is 9.75. The number of rotatable bonds is 3. The molecule has 0 saturated carbocycles. The Morgan fingerprint density at radius 1 is 1.20 bits per heavy atom. The van der Waals surface area contributed by atoms with Crippen LogP contribution in [0, 0.1) is 0 Å². The first-order valence-electron chi connectivity index (χ1n) is 7.02. The van der Waals surface area contributed by atoms with E-state index in [2.05, 4.69) is 10.3 Å². The summed E-state index contributed by atoms with van der Waals surface area (Å²) in [5.74, 6) is 0.0887. The highest BCUT2D eigenvalue weighted by Crippen LogP contribution is 2.25. The van der Waals surface area contributed by atoms with Gasteiger partial charge in [-0.15, -0.1) is 0 Å². The molecule has 3 N–H and O–H groups in total. The van der Waals surface area contributed by atoms with Crippen LogP contribution in [0.1, 0.15) is 30.1 Å². The van der Waals surface area contributed by atoms with Crippen molar-refractivity contribution in [3.05, 3.63) is 52.1 Å². The molecule has 0 spiro atoms. The Labute approximate surface area is 117 Å². The molecule has 1 saturated heterocycles. The SMILES string of the molecule is O=c1[nH]c(Cc2ccccc2)c(O)n1C1CCNCC1. The predicted molar refractivity (Wildman–Crippen MR) is 77.1 cm³/mol. The summed E-state index contributed by atoms with van der Waals surface area (Å²) < 4.78 is 1.51. The Morgan fingerprint density at radius 2 is 1.90 bits per heavy atom. The second-order valence-corrected chi connectivity index (χ2v) is 5.25.